The highest BCUT2D eigenvalue weighted by molar-refractivity contribution is 8.00. The first-order valence-electron chi connectivity index (χ1n) is 43.9. The van der Waals surface area contributed by atoms with E-state index < -0.39 is 10.8 Å². The van der Waals surface area contributed by atoms with Gasteiger partial charge in [-0.25, -0.2) is 34.9 Å². The molecule has 8 heterocycles. The van der Waals surface area contributed by atoms with Gasteiger partial charge >= 0.3 is 0 Å². The molecule has 604 valence electrons. The van der Waals surface area contributed by atoms with Gasteiger partial charge in [-0.15, -0.1) is 22.7 Å². The summed E-state index contributed by atoms with van der Waals surface area (Å²) in [6, 6.07) is 151. The highest BCUT2D eigenvalue weighted by atomic mass is 32.2. The van der Waals surface area contributed by atoms with Crippen LogP contribution in [0.2, 0.25) is 0 Å². The molecular weight excluding hydrogens is 1660 g/mol. The Morgan fingerprint density at radius 3 is 1.01 bits per heavy atom. The first-order valence-corrected chi connectivity index (χ1v) is 47.2. The minimum Gasteiger partial charge on any atom is -0.247 e. The second kappa shape index (κ2) is 29.6. The molecule has 6 aromatic heterocycles. The Morgan fingerprint density at radius 1 is 0.192 bits per heavy atom. The Morgan fingerprint density at radius 2 is 0.531 bits per heavy atom. The number of hydrogen-bond acceptors (Lipinski definition) is 11. The second-order valence-corrected chi connectivity index (χ2v) is 38.0. The van der Waals surface area contributed by atoms with Gasteiger partial charge in [0.15, 0.2) is 23.3 Å². The summed E-state index contributed by atoms with van der Waals surface area (Å²) in [7, 11) is 0. The molecule has 28 rings (SSSR count). The molecule has 2 aliphatic heterocycles. The van der Waals surface area contributed by atoms with Crippen molar-refractivity contribution in [2.75, 3.05) is 0 Å². The van der Waals surface area contributed by atoms with E-state index in [1.807, 2.05) is 71.3 Å². The van der Waals surface area contributed by atoms with Gasteiger partial charge in [0.05, 0.1) is 44.6 Å². The number of nitrogens with zero attached hydrogens (tertiary/aromatic N) is 7. The molecule has 0 bridgehead atoms. The zero-order valence-electron chi connectivity index (χ0n) is 69.6. The summed E-state index contributed by atoms with van der Waals surface area (Å²) in [5.74, 6) is 2.63. The van der Waals surface area contributed by atoms with Crippen molar-refractivity contribution in [1.29, 1.82) is 0 Å². The molecular formula is C119H69N7S4. The van der Waals surface area contributed by atoms with Crippen molar-refractivity contribution >= 4 is 130 Å². The fourth-order valence-electron chi connectivity index (χ4n) is 21.4. The van der Waals surface area contributed by atoms with Crippen LogP contribution in [-0.4, -0.2) is 34.9 Å². The number of rotatable bonds is 8. The van der Waals surface area contributed by atoms with Crippen molar-refractivity contribution in [2.24, 2.45) is 0 Å². The van der Waals surface area contributed by atoms with Gasteiger partial charge in [0, 0.05) is 137 Å². The minimum absolute atomic E-state index is 0.456. The smallest absolute Gasteiger partial charge is 0.165 e. The Balaban J connectivity index is 0.000000134. The Labute approximate surface area is 765 Å². The fraction of sp³-hybridized carbons (Fsp3) is 0.0168. The molecule has 18 aromatic carbocycles. The van der Waals surface area contributed by atoms with Gasteiger partial charge in [-0.2, -0.15) is 0 Å². The van der Waals surface area contributed by atoms with Crippen LogP contribution in [0.15, 0.2) is 438 Å². The largest absolute Gasteiger partial charge is 0.247 e. The van der Waals surface area contributed by atoms with E-state index in [0.29, 0.717) is 23.3 Å². The molecule has 0 fully saturated rings. The van der Waals surface area contributed by atoms with Crippen LogP contribution in [-0.2, 0) is 10.8 Å². The van der Waals surface area contributed by atoms with E-state index >= 15 is 0 Å². The van der Waals surface area contributed by atoms with Crippen molar-refractivity contribution in [2.45, 2.75) is 30.4 Å². The Hall–Kier alpha value is -15.5. The summed E-state index contributed by atoms with van der Waals surface area (Å²) in [6.45, 7) is 0. The second-order valence-electron chi connectivity index (χ2n) is 33.8. The SMILES string of the molecule is c1ccc(-c2nc(-c3ccc(-c4nc5ccccc5c5c6c(ccc45)C4(c5ccccc5S6)c5ccccc5-c5ccccc54)cc3)cc(-c3cccc4c3sc3ccccc34)n2)cc1.c1ccc(-c2nc(-c3ccc(-c4nc5ccccc5c5c6c(ccc45)C4(c5ccccc5S6)c5ccccc5-c5ccccc54)cc3)nc(-c3cccc4c3sc3ccccc34)n2)cc1. The average molecular weight is 1730 g/mol. The third kappa shape index (κ3) is 11.3. The molecule has 0 N–H and O–H groups in total. The van der Waals surface area contributed by atoms with Gasteiger partial charge in [0.25, 0.3) is 0 Å². The average Bonchev–Trinajstić information content (AvgIpc) is 1.47. The highest BCUT2D eigenvalue weighted by Crippen LogP contribution is 2.66. The van der Waals surface area contributed by atoms with Crippen LogP contribution in [0, 0.1) is 0 Å². The number of thiophene rings is 2. The van der Waals surface area contributed by atoms with Crippen molar-refractivity contribution < 1.29 is 0 Å². The van der Waals surface area contributed by atoms with Crippen LogP contribution in [0.1, 0.15) is 44.5 Å². The number of hydrogen-bond donors (Lipinski definition) is 0. The summed E-state index contributed by atoms with van der Waals surface area (Å²) < 4.78 is 4.93. The van der Waals surface area contributed by atoms with E-state index in [4.69, 9.17) is 34.9 Å². The van der Waals surface area contributed by atoms with Crippen molar-refractivity contribution in [1.82, 2.24) is 34.9 Å². The number of para-hydroxylation sites is 2. The summed E-state index contributed by atoms with van der Waals surface area (Å²) >= 11 is 7.40. The normalized spacial score (nSPS) is 13.3. The van der Waals surface area contributed by atoms with Gasteiger partial charge in [-0.05, 0) is 115 Å². The third-order valence-electron chi connectivity index (χ3n) is 27.0. The number of aromatic nitrogens is 7. The molecule has 0 atom stereocenters. The van der Waals surface area contributed by atoms with Crippen LogP contribution in [0.5, 0.6) is 0 Å². The fourth-order valence-corrected chi connectivity index (χ4v) is 26.5. The molecule has 2 aliphatic carbocycles. The summed E-state index contributed by atoms with van der Waals surface area (Å²) in [6.07, 6.45) is 0. The summed E-state index contributed by atoms with van der Waals surface area (Å²) in [4.78, 5) is 41.9. The first-order chi connectivity index (χ1) is 64.4. The minimum atomic E-state index is -0.463. The predicted molar refractivity (Wildman–Crippen MR) is 540 cm³/mol. The topological polar surface area (TPSA) is 90.2 Å². The molecule has 24 aromatic rings. The molecule has 4 aliphatic rings. The summed E-state index contributed by atoms with van der Waals surface area (Å²) in [5.41, 5.74) is 28.7. The van der Waals surface area contributed by atoms with Gasteiger partial charge < -0.3 is 0 Å². The maximum absolute atomic E-state index is 5.45. The van der Waals surface area contributed by atoms with E-state index in [1.165, 1.54) is 137 Å². The zero-order valence-corrected chi connectivity index (χ0v) is 72.9. The molecule has 0 amide bonds. The van der Waals surface area contributed by atoms with Crippen molar-refractivity contribution in [3.8, 4) is 113 Å². The van der Waals surface area contributed by atoms with E-state index in [-0.39, 0.29) is 0 Å². The molecule has 0 saturated carbocycles. The lowest BCUT2D eigenvalue weighted by Crippen LogP contribution is -2.32. The molecule has 2 spiro atoms. The summed E-state index contributed by atoms with van der Waals surface area (Å²) in [5, 5.41) is 12.0. The third-order valence-corrected chi connectivity index (χ3v) is 31.8. The molecule has 0 radical (unpaired) electrons. The molecule has 0 unspecified atom stereocenters. The number of pyridine rings is 2. The maximum Gasteiger partial charge on any atom is 0.165 e. The highest BCUT2D eigenvalue weighted by Gasteiger charge is 2.53. The maximum atomic E-state index is 5.45. The van der Waals surface area contributed by atoms with Crippen LogP contribution in [0.4, 0.5) is 0 Å². The van der Waals surface area contributed by atoms with Gasteiger partial charge in [0.2, 0.25) is 0 Å². The van der Waals surface area contributed by atoms with Gasteiger partial charge in [-0.3, -0.25) is 0 Å². The van der Waals surface area contributed by atoms with Crippen LogP contribution >= 0.6 is 46.2 Å². The zero-order chi connectivity index (χ0) is 85.3. The predicted octanol–water partition coefficient (Wildman–Crippen LogP) is 31.5. The van der Waals surface area contributed by atoms with Crippen LogP contribution in [0.3, 0.4) is 0 Å². The van der Waals surface area contributed by atoms with E-state index in [9.17, 15) is 0 Å². The standard InChI is InChI=1S/C60H35N3S2.C59H34N4S2/c1-2-15-38(16-3-1)59-62-51(35-52(63-59)44-22-14-21-42-41-19-7-12-27-53(41)64-57(42)44)36-29-31-37(32-30-36)56-45-33-34-49-58(55(45)43-20-6-11-26-50(43)61-56)65-54-28-13-10-25-48(54)60(49)46-23-8-4-17-39(46)40-18-5-9-24-47(40)60;1-2-15-36(16-3-1)56-61-57(63-58(62-56)44-22-14-21-41-40-19-7-12-27-50(40)64-54(41)44)37-31-29-35(30-32-37)53-43-33-34-48-55(52(43)42-20-6-11-26-49(42)60-53)65-51-28-13-10-25-47(51)59(48)45-23-8-4-17-38(45)39-18-5-9-24-46(39)59/h1-35H;1-34H. The molecule has 7 nitrogen and oxygen atoms in total. The molecule has 11 heteroatoms. The van der Waals surface area contributed by atoms with Crippen LogP contribution < -0.4 is 0 Å². The van der Waals surface area contributed by atoms with E-state index in [0.717, 1.165) is 99.9 Å². The lowest BCUT2D eigenvalue weighted by molar-refractivity contribution is 0.726. The van der Waals surface area contributed by atoms with Crippen molar-refractivity contribution in [3.63, 3.8) is 0 Å². The van der Waals surface area contributed by atoms with Gasteiger partial charge in [0.1, 0.15) is 0 Å². The molecule has 130 heavy (non-hydrogen) atoms. The lowest BCUT2D eigenvalue weighted by Gasteiger charge is -2.40. The van der Waals surface area contributed by atoms with Crippen LogP contribution in [0.25, 0.3) is 197 Å². The van der Waals surface area contributed by atoms with E-state index in [2.05, 4.69) is 382 Å². The quantitative estimate of drug-likeness (QED) is 0.138. The van der Waals surface area contributed by atoms with Crippen molar-refractivity contribution in [3.05, 3.63) is 463 Å². The first kappa shape index (κ1) is 74.7. The molecule has 0 saturated heterocycles. The van der Waals surface area contributed by atoms with E-state index in [1.54, 1.807) is 11.3 Å². The monoisotopic (exact) mass is 1720 g/mol. The Bertz CT molecular complexity index is 8280. The van der Waals surface area contributed by atoms with Gasteiger partial charge in [-0.1, -0.05) is 394 Å². The number of fused-ring (bicyclic) bond motifs is 32. The lowest BCUT2D eigenvalue weighted by atomic mass is 9.67. The Kier molecular flexibility index (Phi) is 17.0. The number of benzene rings is 18.